The van der Waals surface area contributed by atoms with E-state index >= 15 is 0 Å². The van der Waals surface area contributed by atoms with Crippen molar-refractivity contribution in [2.75, 3.05) is 0 Å². The average Bonchev–Trinajstić information content (AvgIpc) is 2.66. The molecule has 0 heterocycles. The van der Waals surface area contributed by atoms with Gasteiger partial charge in [0, 0.05) is 11.1 Å². The first kappa shape index (κ1) is 20.5. The molecule has 0 amide bonds. The van der Waals surface area contributed by atoms with Gasteiger partial charge in [-0.1, -0.05) is 47.7 Å². The molecule has 0 N–H and O–H groups in total. The van der Waals surface area contributed by atoms with Crippen molar-refractivity contribution in [2.45, 2.75) is 19.3 Å². The summed E-state index contributed by atoms with van der Waals surface area (Å²) in [6, 6.07) is 15.0. The molecule has 0 saturated heterocycles. The Hall–Kier alpha value is -3.20. The van der Waals surface area contributed by atoms with Crippen LogP contribution in [0, 0.1) is 18.8 Å². The van der Waals surface area contributed by atoms with Crippen LogP contribution in [0.25, 0.3) is 11.1 Å². The second-order valence-corrected chi connectivity index (χ2v) is 6.46. The molecule has 0 bridgehead atoms. The van der Waals surface area contributed by atoms with Crippen molar-refractivity contribution in [3.63, 3.8) is 0 Å². The third-order valence-electron chi connectivity index (χ3n) is 4.22. The predicted octanol–water partition coefficient (Wildman–Crippen LogP) is 7.10. The molecule has 0 fully saturated rings. The van der Waals surface area contributed by atoms with Crippen LogP contribution in [0.5, 0.6) is 0 Å². The molecular weight excluding hydrogens is 390 g/mol. The number of halogens is 6. The zero-order chi connectivity index (χ0) is 21.2. The molecule has 0 spiro atoms. The maximum atomic E-state index is 13.2. The van der Waals surface area contributed by atoms with Gasteiger partial charge in [0.05, 0.1) is 11.1 Å². The van der Waals surface area contributed by atoms with Gasteiger partial charge in [-0.2, -0.15) is 26.3 Å². The third kappa shape index (κ3) is 5.00. The summed E-state index contributed by atoms with van der Waals surface area (Å²) in [4.78, 5) is 0. The fourth-order valence-electron chi connectivity index (χ4n) is 2.73. The Labute approximate surface area is 163 Å². The van der Waals surface area contributed by atoms with E-state index < -0.39 is 23.5 Å². The first-order valence-corrected chi connectivity index (χ1v) is 8.51. The second kappa shape index (κ2) is 7.67. The van der Waals surface area contributed by atoms with E-state index in [1.54, 1.807) is 30.3 Å². The Bertz CT molecular complexity index is 1050. The van der Waals surface area contributed by atoms with Crippen LogP contribution in [0.1, 0.15) is 27.8 Å². The van der Waals surface area contributed by atoms with E-state index in [-0.39, 0.29) is 17.2 Å². The van der Waals surface area contributed by atoms with E-state index in [9.17, 15) is 26.3 Å². The van der Waals surface area contributed by atoms with Gasteiger partial charge in [-0.15, -0.1) is 0 Å². The van der Waals surface area contributed by atoms with E-state index in [1.807, 2.05) is 19.1 Å². The minimum absolute atomic E-state index is 0.115. The summed E-state index contributed by atoms with van der Waals surface area (Å²) in [6.07, 6.45) is -9.81. The largest absolute Gasteiger partial charge is 0.416 e. The fraction of sp³-hybridized carbons (Fsp3) is 0.130. The number of aryl methyl sites for hydroxylation is 1. The van der Waals surface area contributed by atoms with Crippen LogP contribution < -0.4 is 0 Å². The van der Waals surface area contributed by atoms with Crippen molar-refractivity contribution in [3.8, 4) is 23.0 Å². The first-order valence-electron chi connectivity index (χ1n) is 8.51. The van der Waals surface area contributed by atoms with Gasteiger partial charge in [0.2, 0.25) is 0 Å². The highest BCUT2D eigenvalue weighted by molar-refractivity contribution is 5.73. The Morgan fingerprint density at radius 1 is 0.655 bits per heavy atom. The molecular formula is C23H14F6. The molecule has 0 aliphatic rings. The standard InChI is InChI=1S/C23H14F6/c1-15-6-8-16(9-7-15)10-11-17-4-2-3-5-21(17)18-12-19(22(24,25)26)14-20(13-18)23(27,28)29/h2-9,12-14H,1H3. The van der Waals surface area contributed by atoms with E-state index in [2.05, 4.69) is 11.8 Å². The summed E-state index contributed by atoms with van der Waals surface area (Å²) >= 11 is 0. The summed E-state index contributed by atoms with van der Waals surface area (Å²) in [5.74, 6) is 5.74. The topological polar surface area (TPSA) is 0 Å². The van der Waals surface area contributed by atoms with Crippen LogP contribution >= 0.6 is 0 Å². The van der Waals surface area contributed by atoms with Crippen molar-refractivity contribution in [1.82, 2.24) is 0 Å². The number of hydrogen-bond donors (Lipinski definition) is 0. The molecule has 29 heavy (non-hydrogen) atoms. The van der Waals surface area contributed by atoms with Gasteiger partial charge in [0.15, 0.2) is 0 Å². The molecule has 0 aliphatic heterocycles. The normalized spacial score (nSPS) is 11.7. The van der Waals surface area contributed by atoms with Crippen LogP contribution in [0.15, 0.2) is 66.7 Å². The quantitative estimate of drug-likeness (QED) is 0.300. The van der Waals surface area contributed by atoms with Crippen LogP contribution in [0.4, 0.5) is 26.3 Å². The van der Waals surface area contributed by atoms with E-state index in [1.165, 1.54) is 6.07 Å². The lowest BCUT2D eigenvalue weighted by atomic mass is 9.95. The number of alkyl halides is 6. The summed E-state index contributed by atoms with van der Waals surface area (Å²) in [5, 5.41) is 0. The molecule has 0 nitrogen and oxygen atoms in total. The predicted molar refractivity (Wildman–Crippen MR) is 99.0 cm³/mol. The Balaban J connectivity index is 2.14. The first-order chi connectivity index (χ1) is 13.5. The van der Waals surface area contributed by atoms with Crippen LogP contribution in [0.3, 0.4) is 0 Å². The highest BCUT2D eigenvalue weighted by Crippen LogP contribution is 2.39. The highest BCUT2D eigenvalue weighted by atomic mass is 19.4. The van der Waals surface area contributed by atoms with Gasteiger partial charge in [-0.05, 0) is 54.4 Å². The summed E-state index contributed by atoms with van der Waals surface area (Å²) in [6.45, 7) is 1.92. The molecule has 0 aromatic heterocycles. The monoisotopic (exact) mass is 404 g/mol. The van der Waals surface area contributed by atoms with E-state index in [0.717, 1.165) is 5.56 Å². The number of hydrogen-bond acceptors (Lipinski definition) is 0. The van der Waals surface area contributed by atoms with Crippen molar-refractivity contribution in [2.24, 2.45) is 0 Å². The van der Waals surface area contributed by atoms with E-state index in [0.29, 0.717) is 23.3 Å². The fourth-order valence-corrected chi connectivity index (χ4v) is 2.73. The lowest BCUT2D eigenvalue weighted by Gasteiger charge is -2.15. The zero-order valence-corrected chi connectivity index (χ0v) is 15.1. The highest BCUT2D eigenvalue weighted by Gasteiger charge is 2.37. The van der Waals surface area contributed by atoms with Crippen LogP contribution in [-0.2, 0) is 12.4 Å². The zero-order valence-electron chi connectivity index (χ0n) is 15.1. The lowest BCUT2D eigenvalue weighted by Crippen LogP contribution is -2.11. The Morgan fingerprint density at radius 2 is 1.21 bits per heavy atom. The smallest absolute Gasteiger partial charge is 0.166 e. The van der Waals surface area contributed by atoms with Crippen molar-refractivity contribution in [1.29, 1.82) is 0 Å². The van der Waals surface area contributed by atoms with Crippen LogP contribution in [-0.4, -0.2) is 0 Å². The van der Waals surface area contributed by atoms with Gasteiger partial charge in [0.25, 0.3) is 0 Å². The summed E-state index contributed by atoms with van der Waals surface area (Å²) < 4.78 is 79.0. The molecule has 6 heteroatoms. The van der Waals surface area contributed by atoms with Crippen molar-refractivity contribution >= 4 is 0 Å². The maximum Gasteiger partial charge on any atom is 0.416 e. The molecule has 0 atom stereocenters. The average molecular weight is 404 g/mol. The summed E-state index contributed by atoms with van der Waals surface area (Å²) in [5.41, 5.74) is -0.651. The van der Waals surface area contributed by atoms with Gasteiger partial charge >= 0.3 is 12.4 Å². The molecule has 3 aromatic carbocycles. The number of rotatable bonds is 1. The summed E-state index contributed by atoms with van der Waals surface area (Å²) in [7, 11) is 0. The van der Waals surface area contributed by atoms with Gasteiger partial charge in [-0.3, -0.25) is 0 Å². The molecule has 3 rings (SSSR count). The molecule has 148 valence electrons. The lowest BCUT2D eigenvalue weighted by molar-refractivity contribution is -0.143. The Kier molecular flexibility index (Phi) is 5.43. The minimum atomic E-state index is -4.90. The molecule has 0 saturated carbocycles. The minimum Gasteiger partial charge on any atom is -0.166 e. The van der Waals surface area contributed by atoms with Gasteiger partial charge < -0.3 is 0 Å². The Morgan fingerprint density at radius 3 is 1.76 bits per heavy atom. The molecule has 3 aromatic rings. The molecule has 0 unspecified atom stereocenters. The maximum absolute atomic E-state index is 13.2. The van der Waals surface area contributed by atoms with E-state index in [4.69, 9.17) is 0 Å². The number of benzene rings is 3. The molecule has 0 aliphatic carbocycles. The van der Waals surface area contributed by atoms with Crippen molar-refractivity contribution in [3.05, 3.63) is 94.5 Å². The third-order valence-corrected chi connectivity index (χ3v) is 4.22. The van der Waals surface area contributed by atoms with Gasteiger partial charge in [0.1, 0.15) is 0 Å². The van der Waals surface area contributed by atoms with Crippen LogP contribution in [0.2, 0.25) is 0 Å². The van der Waals surface area contributed by atoms with Gasteiger partial charge in [-0.25, -0.2) is 0 Å². The van der Waals surface area contributed by atoms with Crippen molar-refractivity contribution < 1.29 is 26.3 Å². The SMILES string of the molecule is Cc1ccc(C#Cc2ccccc2-c2cc(C(F)(F)F)cc(C(F)(F)F)c2)cc1. The molecule has 0 radical (unpaired) electrons. The second-order valence-electron chi connectivity index (χ2n) is 6.46.